The maximum absolute atomic E-state index is 14.5. The molecule has 5 nitrogen and oxygen atoms in total. The minimum Gasteiger partial charge on any atom is -0.378 e. The zero-order valence-electron chi connectivity index (χ0n) is 13.6. The maximum atomic E-state index is 14.5. The Labute approximate surface area is 136 Å². The van der Waals surface area contributed by atoms with Gasteiger partial charge in [0.05, 0.1) is 18.9 Å². The number of ether oxygens (including phenoxy) is 1. The molecule has 0 aliphatic carbocycles. The molecule has 2 fully saturated rings. The number of likely N-dealkylation sites (tertiary alicyclic amines) is 1. The van der Waals surface area contributed by atoms with E-state index in [1.807, 2.05) is 16.8 Å². The summed E-state index contributed by atoms with van der Waals surface area (Å²) in [6, 6.07) is 5.04. The maximum Gasteiger partial charge on any atom is 0.254 e. The summed E-state index contributed by atoms with van der Waals surface area (Å²) in [5, 5.41) is 3.12. The van der Waals surface area contributed by atoms with Crippen molar-refractivity contribution in [2.75, 3.05) is 51.3 Å². The van der Waals surface area contributed by atoms with Gasteiger partial charge in [0, 0.05) is 37.8 Å². The van der Waals surface area contributed by atoms with Gasteiger partial charge >= 0.3 is 0 Å². The lowest BCUT2D eigenvalue weighted by Crippen LogP contribution is -2.41. The van der Waals surface area contributed by atoms with Crippen LogP contribution in [0.5, 0.6) is 0 Å². The zero-order valence-corrected chi connectivity index (χ0v) is 13.6. The van der Waals surface area contributed by atoms with E-state index in [9.17, 15) is 9.18 Å². The molecular weight excluding hydrogens is 297 g/mol. The van der Waals surface area contributed by atoms with Gasteiger partial charge in [0.25, 0.3) is 5.91 Å². The Hall–Kier alpha value is -1.66. The van der Waals surface area contributed by atoms with Gasteiger partial charge < -0.3 is 19.9 Å². The van der Waals surface area contributed by atoms with Crippen LogP contribution in [-0.4, -0.2) is 63.3 Å². The SMILES string of the molecule is CNC[C@@H]1CCCN1C(=O)c1ccc(N2CCOCC2)c(F)c1. The summed E-state index contributed by atoms with van der Waals surface area (Å²) >= 11 is 0. The number of hydrogen-bond acceptors (Lipinski definition) is 4. The molecule has 1 amide bonds. The molecule has 2 aliphatic rings. The van der Waals surface area contributed by atoms with Crippen LogP contribution >= 0.6 is 0 Å². The van der Waals surface area contributed by atoms with E-state index in [0.717, 1.165) is 25.9 Å². The van der Waals surface area contributed by atoms with E-state index in [1.54, 1.807) is 12.1 Å². The first-order valence-corrected chi connectivity index (χ1v) is 8.28. The Balaban J connectivity index is 1.75. The lowest BCUT2D eigenvalue weighted by Gasteiger charge is -2.29. The molecule has 2 heterocycles. The van der Waals surface area contributed by atoms with Gasteiger partial charge in [0.1, 0.15) is 5.82 Å². The molecule has 2 aliphatic heterocycles. The third-order valence-corrected chi connectivity index (χ3v) is 4.62. The highest BCUT2D eigenvalue weighted by Gasteiger charge is 2.29. The van der Waals surface area contributed by atoms with Crippen molar-refractivity contribution < 1.29 is 13.9 Å². The fourth-order valence-corrected chi connectivity index (χ4v) is 3.42. The lowest BCUT2D eigenvalue weighted by atomic mass is 10.1. The van der Waals surface area contributed by atoms with Gasteiger partial charge in [0.15, 0.2) is 0 Å². The normalized spacial score (nSPS) is 21.7. The summed E-state index contributed by atoms with van der Waals surface area (Å²) in [6.45, 7) is 4.11. The molecule has 0 saturated carbocycles. The monoisotopic (exact) mass is 321 g/mol. The molecule has 0 aromatic heterocycles. The molecule has 1 N–H and O–H groups in total. The number of carbonyl (C=O) groups is 1. The van der Waals surface area contributed by atoms with Gasteiger partial charge in [-0.15, -0.1) is 0 Å². The molecule has 0 radical (unpaired) electrons. The van der Waals surface area contributed by atoms with Crippen LogP contribution in [0.25, 0.3) is 0 Å². The number of morpholine rings is 1. The molecule has 23 heavy (non-hydrogen) atoms. The fourth-order valence-electron chi connectivity index (χ4n) is 3.42. The highest BCUT2D eigenvalue weighted by molar-refractivity contribution is 5.95. The average Bonchev–Trinajstić information content (AvgIpc) is 3.03. The molecule has 1 aromatic rings. The van der Waals surface area contributed by atoms with Gasteiger partial charge in [-0.25, -0.2) is 4.39 Å². The highest BCUT2D eigenvalue weighted by Crippen LogP contribution is 2.24. The molecule has 0 spiro atoms. The standard InChI is InChI=1S/C17H24FN3O2/c1-19-12-14-3-2-6-21(14)17(22)13-4-5-16(15(18)11-13)20-7-9-23-10-8-20/h4-5,11,14,19H,2-3,6-10,12H2,1H3/t14-/m0/s1. The van der Waals surface area contributed by atoms with E-state index in [-0.39, 0.29) is 17.8 Å². The molecular formula is C17H24FN3O2. The first-order chi connectivity index (χ1) is 11.2. The molecule has 1 atom stereocenters. The minimum absolute atomic E-state index is 0.0739. The summed E-state index contributed by atoms with van der Waals surface area (Å²) in [5.74, 6) is -0.405. The van der Waals surface area contributed by atoms with Crippen molar-refractivity contribution in [3.05, 3.63) is 29.6 Å². The van der Waals surface area contributed by atoms with Crippen LogP contribution in [0.15, 0.2) is 18.2 Å². The van der Waals surface area contributed by atoms with Crippen molar-refractivity contribution in [3.8, 4) is 0 Å². The number of benzene rings is 1. The number of rotatable bonds is 4. The first-order valence-electron chi connectivity index (χ1n) is 8.28. The molecule has 1 aromatic carbocycles. The van der Waals surface area contributed by atoms with Crippen LogP contribution in [0, 0.1) is 5.82 Å². The molecule has 0 bridgehead atoms. The summed E-state index contributed by atoms with van der Waals surface area (Å²) < 4.78 is 19.8. The van der Waals surface area contributed by atoms with Crippen molar-refractivity contribution in [1.29, 1.82) is 0 Å². The van der Waals surface area contributed by atoms with Crippen LogP contribution in [0.2, 0.25) is 0 Å². The van der Waals surface area contributed by atoms with Crippen molar-refractivity contribution >= 4 is 11.6 Å². The quantitative estimate of drug-likeness (QED) is 0.912. The molecule has 0 unspecified atom stereocenters. The number of nitrogens with zero attached hydrogens (tertiary/aromatic N) is 2. The van der Waals surface area contributed by atoms with E-state index in [0.29, 0.717) is 37.6 Å². The molecule has 2 saturated heterocycles. The Bertz CT molecular complexity index is 561. The number of halogens is 1. The number of anilines is 1. The van der Waals surface area contributed by atoms with Crippen molar-refractivity contribution in [2.45, 2.75) is 18.9 Å². The number of nitrogens with one attached hydrogen (secondary N) is 1. The van der Waals surface area contributed by atoms with E-state index < -0.39 is 0 Å². The topological polar surface area (TPSA) is 44.8 Å². The van der Waals surface area contributed by atoms with Crippen LogP contribution in [0.4, 0.5) is 10.1 Å². The zero-order chi connectivity index (χ0) is 16.2. The molecule has 6 heteroatoms. The summed E-state index contributed by atoms with van der Waals surface area (Å²) in [6.07, 6.45) is 2.01. The van der Waals surface area contributed by atoms with Crippen molar-refractivity contribution in [3.63, 3.8) is 0 Å². The van der Waals surface area contributed by atoms with Gasteiger partial charge in [-0.2, -0.15) is 0 Å². The Morgan fingerprint density at radius 2 is 2.13 bits per heavy atom. The Morgan fingerprint density at radius 1 is 1.35 bits per heavy atom. The van der Waals surface area contributed by atoms with Gasteiger partial charge in [-0.05, 0) is 38.1 Å². The minimum atomic E-state index is -0.331. The summed E-state index contributed by atoms with van der Waals surface area (Å²) in [5.41, 5.74) is 0.987. The van der Waals surface area contributed by atoms with Crippen LogP contribution in [-0.2, 0) is 4.74 Å². The van der Waals surface area contributed by atoms with Crippen LogP contribution in [0.1, 0.15) is 23.2 Å². The Morgan fingerprint density at radius 3 is 2.83 bits per heavy atom. The second-order valence-electron chi connectivity index (χ2n) is 6.12. The summed E-state index contributed by atoms with van der Waals surface area (Å²) in [4.78, 5) is 16.5. The highest BCUT2D eigenvalue weighted by atomic mass is 19.1. The lowest BCUT2D eigenvalue weighted by molar-refractivity contribution is 0.0736. The smallest absolute Gasteiger partial charge is 0.254 e. The largest absolute Gasteiger partial charge is 0.378 e. The van der Waals surface area contributed by atoms with Crippen molar-refractivity contribution in [1.82, 2.24) is 10.2 Å². The van der Waals surface area contributed by atoms with E-state index in [2.05, 4.69) is 5.32 Å². The van der Waals surface area contributed by atoms with Crippen molar-refractivity contribution in [2.24, 2.45) is 0 Å². The predicted molar refractivity (Wildman–Crippen MR) is 87.4 cm³/mol. The fraction of sp³-hybridized carbons (Fsp3) is 0.588. The average molecular weight is 321 g/mol. The number of hydrogen-bond donors (Lipinski definition) is 1. The van der Waals surface area contributed by atoms with Crippen LogP contribution < -0.4 is 10.2 Å². The molecule has 126 valence electrons. The molecule has 3 rings (SSSR count). The number of amides is 1. The van der Waals surface area contributed by atoms with E-state index in [1.165, 1.54) is 6.07 Å². The van der Waals surface area contributed by atoms with Gasteiger partial charge in [0.2, 0.25) is 0 Å². The second kappa shape index (κ2) is 7.27. The summed E-state index contributed by atoms with van der Waals surface area (Å²) in [7, 11) is 1.89. The van der Waals surface area contributed by atoms with E-state index in [4.69, 9.17) is 4.74 Å². The Kier molecular flexibility index (Phi) is 5.13. The van der Waals surface area contributed by atoms with Gasteiger partial charge in [-0.3, -0.25) is 4.79 Å². The predicted octanol–water partition coefficient (Wildman–Crippen LogP) is 1.49. The van der Waals surface area contributed by atoms with Crippen LogP contribution in [0.3, 0.4) is 0 Å². The third-order valence-electron chi connectivity index (χ3n) is 4.62. The number of carbonyl (C=O) groups excluding carboxylic acids is 1. The number of likely N-dealkylation sites (N-methyl/N-ethyl adjacent to an activating group) is 1. The second-order valence-corrected chi connectivity index (χ2v) is 6.12. The third kappa shape index (κ3) is 3.48. The van der Waals surface area contributed by atoms with E-state index >= 15 is 0 Å². The first kappa shape index (κ1) is 16.2. The van der Waals surface area contributed by atoms with Gasteiger partial charge in [-0.1, -0.05) is 0 Å².